The van der Waals surface area contributed by atoms with E-state index in [0.29, 0.717) is 24.1 Å². The van der Waals surface area contributed by atoms with Crippen LogP contribution in [0.5, 0.6) is 0 Å². The summed E-state index contributed by atoms with van der Waals surface area (Å²) >= 11 is 0. The normalized spacial score (nSPS) is 21.0. The second kappa shape index (κ2) is 8.63. The Kier molecular flexibility index (Phi) is 5.70. The molecule has 7 nitrogen and oxygen atoms in total. The Balaban J connectivity index is 1.58. The third kappa shape index (κ3) is 3.87. The molecule has 0 spiro atoms. The molecule has 3 atom stereocenters. The number of carbonyl (C=O) groups excluding carboxylic acids is 2. The van der Waals surface area contributed by atoms with Crippen molar-refractivity contribution in [3.05, 3.63) is 64.4 Å². The number of nitriles is 1. The van der Waals surface area contributed by atoms with E-state index < -0.39 is 23.0 Å². The third-order valence-corrected chi connectivity index (χ3v) is 7.56. The van der Waals surface area contributed by atoms with Crippen LogP contribution in [0.25, 0.3) is 11.0 Å². The molecule has 0 saturated carbocycles. The van der Waals surface area contributed by atoms with Crippen LogP contribution in [0, 0.1) is 34.3 Å². The summed E-state index contributed by atoms with van der Waals surface area (Å²) in [6.07, 6.45) is 1.69. The van der Waals surface area contributed by atoms with Crippen LogP contribution in [0.15, 0.2) is 34.7 Å². The van der Waals surface area contributed by atoms with Crippen molar-refractivity contribution < 1.29 is 22.8 Å². The largest absolute Gasteiger partial charge is 0.460 e. The van der Waals surface area contributed by atoms with Crippen LogP contribution in [0.3, 0.4) is 0 Å². The minimum absolute atomic E-state index is 0.0337. The lowest BCUT2D eigenvalue weighted by Gasteiger charge is -2.46. The molecule has 3 heterocycles. The first-order chi connectivity index (χ1) is 17.1. The molecule has 5 rings (SSSR count). The van der Waals surface area contributed by atoms with Crippen molar-refractivity contribution in [3.8, 4) is 6.07 Å². The van der Waals surface area contributed by atoms with Crippen LogP contribution in [-0.2, 0) is 22.4 Å². The maximum atomic E-state index is 15.0. The number of halogens is 2. The number of primary amides is 1. The van der Waals surface area contributed by atoms with E-state index >= 15 is 0 Å². The zero-order chi connectivity index (χ0) is 25.8. The van der Waals surface area contributed by atoms with Crippen LogP contribution in [0.1, 0.15) is 48.8 Å². The summed E-state index contributed by atoms with van der Waals surface area (Å²) in [6, 6.07) is 9.14. The molecule has 1 aromatic heterocycles. The first-order valence-electron chi connectivity index (χ1n) is 11.8. The van der Waals surface area contributed by atoms with Gasteiger partial charge in [-0.15, -0.1) is 0 Å². The predicted molar refractivity (Wildman–Crippen MR) is 129 cm³/mol. The number of fused-ring (bicyclic) bond motifs is 4. The SMILES string of the molecule is CC(C)(Cc1c(CC(N)=O)oc2cc(F)cc(F)c12)C1Nc2ccc(C#N)cc2C2C1CCN2C=O. The molecule has 2 amide bonds. The first kappa shape index (κ1) is 23.8. The number of nitrogens with one attached hydrogen (secondary N) is 1. The average Bonchev–Trinajstić information content (AvgIpc) is 3.39. The number of benzene rings is 2. The van der Waals surface area contributed by atoms with Crippen LogP contribution >= 0.6 is 0 Å². The van der Waals surface area contributed by atoms with Crippen LogP contribution < -0.4 is 11.1 Å². The van der Waals surface area contributed by atoms with Gasteiger partial charge in [0.15, 0.2) is 0 Å². The van der Waals surface area contributed by atoms with E-state index in [-0.39, 0.29) is 41.2 Å². The lowest BCUT2D eigenvalue weighted by molar-refractivity contribution is -0.119. The van der Waals surface area contributed by atoms with Gasteiger partial charge in [-0.2, -0.15) is 5.26 Å². The molecule has 0 radical (unpaired) electrons. The van der Waals surface area contributed by atoms with Gasteiger partial charge < -0.3 is 20.4 Å². The highest BCUT2D eigenvalue weighted by molar-refractivity contribution is 5.86. The number of anilines is 1. The smallest absolute Gasteiger partial charge is 0.225 e. The molecule has 0 aliphatic carbocycles. The van der Waals surface area contributed by atoms with E-state index in [1.807, 2.05) is 26.0 Å². The quantitative estimate of drug-likeness (QED) is 0.501. The molecule has 3 aromatic rings. The Bertz CT molecular complexity index is 1420. The highest BCUT2D eigenvalue weighted by Gasteiger charge is 2.49. The third-order valence-electron chi connectivity index (χ3n) is 7.56. The summed E-state index contributed by atoms with van der Waals surface area (Å²) in [6.45, 7) is 4.65. The number of carbonyl (C=O) groups is 2. The molecule has 9 heteroatoms. The Morgan fingerprint density at radius 1 is 1.33 bits per heavy atom. The molecule has 3 unspecified atom stereocenters. The maximum absolute atomic E-state index is 15.0. The van der Waals surface area contributed by atoms with E-state index in [0.717, 1.165) is 36.2 Å². The minimum Gasteiger partial charge on any atom is -0.460 e. The summed E-state index contributed by atoms with van der Waals surface area (Å²) in [5.41, 5.74) is 7.69. The lowest BCUT2D eigenvalue weighted by Crippen LogP contribution is -2.48. The number of likely N-dealkylation sites (tertiary alicyclic amines) is 1. The van der Waals surface area contributed by atoms with Crippen LogP contribution in [0.4, 0.5) is 14.5 Å². The average molecular weight is 493 g/mol. The van der Waals surface area contributed by atoms with Gasteiger partial charge >= 0.3 is 0 Å². The first-order valence-corrected chi connectivity index (χ1v) is 11.8. The fraction of sp³-hybridized carbons (Fsp3) is 0.370. The predicted octanol–water partition coefficient (Wildman–Crippen LogP) is 4.19. The number of nitrogens with zero attached hydrogens (tertiary/aromatic N) is 2. The van der Waals surface area contributed by atoms with Gasteiger partial charge in [0.05, 0.1) is 29.5 Å². The van der Waals surface area contributed by atoms with E-state index in [4.69, 9.17) is 10.2 Å². The fourth-order valence-electron chi connectivity index (χ4n) is 6.09. The van der Waals surface area contributed by atoms with Gasteiger partial charge in [-0.3, -0.25) is 9.59 Å². The molecule has 186 valence electrons. The van der Waals surface area contributed by atoms with Crippen molar-refractivity contribution in [3.63, 3.8) is 0 Å². The molecule has 36 heavy (non-hydrogen) atoms. The van der Waals surface area contributed by atoms with Crippen LogP contribution in [0.2, 0.25) is 0 Å². The van der Waals surface area contributed by atoms with E-state index in [1.54, 1.807) is 11.0 Å². The van der Waals surface area contributed by atoms with Gasteiger partial charge in [-0.05, 0) is 42.0 Å². The standard InChI is InChI=1S/C27H26F2N4O3/c1-27(2,11-18-21(10-23(31)35)36-22-9-15(28)8-19(29)24(18)22)26-16-5-6-33(13-34)25(16)17-7-14(12-30)3-4-20(17)32-26/h3-4,7-9,13,16,25-26,32H,5-6,10-11H2,1-2H3,(H2,31,35). The molecule has 0 bridgehead atoms. The summed E-state index contributed by atoms with van der Waals surface area (Å²) in [4.78, 5) is 25.4. The Morgan fingerprint density at radius 2 is 2.11 bits per heavy atom. The Hall–Kier alpha value is -3.93. The van der Waals surface area contributed by atoms with Gasteiger partial charge in [0.2, 0.25) is 12.3 Å². The minimum atomic E-state index is -0.768. The van der Waals surface area contributed by atoms with Gasteiger partial charge in [-0.1, -0.05) is 13.8 Å². The number of hydrogen-bond acceptors (Lipinski definition) is 5. The summed E-state index contributed by atoms with van der Waals surface area (Å²) < 4.78 is 34.6. The summed E-state index contributed by atoms with van der Waals surface area (Å²) in [5, 5.41) is 13.2. The second-order valence-electron chi connectivity index (χ2n) is 10.3. The molecule has 2 aromatic carbocycles. The van der Waals surface area contributed by atoms with Crippen molar-refractivity contribution in [2.75, 3.05) is 11.9 Å². The zero-order valence-corrected chi connectivity index (χ0v) is 20.0. The van der Waals surface area contributed by atoms with E-state index in [1.165, 1.54) is 0 Å². The summed E-state index contributed by atoms with van der Waals surface area (Å²) in [5.74, 6) is -1.90. The fourth-order valence-corrected chi connectivity index (χ4v) is 6.09. The van der Waals surface area contributed by atoms with Crippen molar-refractivity contribution in [2.24, 2.45) is 17.1 Å². The highest BCUT2D eigenvalue weighted by atomic mass is 19.1. The second-order valence-corrected chi connectivity index (χ2v) is 10.3. The molecular formula is C27H26F2N4O3. The maximum Gasteiger partial charge on any atom is 0.225 e. The summed E-state index contributed by atoms with van der Waals surface area (Å²) in [7, 11) is 0. The number of nitrogens with two attached hydrogens (primary N) is 1. The van der Waals surface area contributed by atoms with Crippen molar-refractivity contribution in [2.45, 2.75) is 45.2 Å². The van der Waals surface area contributed by atoms with Gasteiger partial charge in [0, 0.05) is 41.9 Å². The molecule has 2 aliphatic heterocycles. The van der Waals surface area contributed by atoms with E-state index in [9.17, 15) is 23.6 Å². The molecule has 1 saturated heterocycles. The molecular weight excluding hydrogens is 466 g/mol. The van der Waals surface area contributed by atoms with Crippen molar-refractivity contribution in [1.82, 2.24) is 4.90 Å². The molecule has 3 N–H and O–H groups in total. The van der Waals surface area contributed by atoms with Crippen LogP contribution in [-0.4, -0.2) is 29.8 Å². The van der Waals surface area contributed by atoms with Gasteiger partial charge in [0.1, 0.15) is 23.0 Å². The topological polar surface area (TPSA) is 112 Å². The van der Waals surface area contributed by atoms with E-state index in [2.05, 4.69) is 11.4 Å². The number of hydrogen-bond donors (Lipinski definition) is 2. The number of rotatable bonds is 6. The molecule has 1 fully saturated rings. The van der Waals surface area contributed by atoms with Gasteiger partial charge in [-0.25, -0.2) is 8.78 Å². The number of furan rings is 1. The zero-order valence-electron chi connectivity index (χ0n) is 20.0. The van der Waals surface area contributed by atoms with Crippen molar-refractivity contribution >= 4 is 29.0 Å². The number of amides is 2. The Labute approximate surface area is 206 Å². The Morgan fingerprint density at radius 3 is 2.81 bits per heavy atom. The molecule has 2 aliphatic rings. The monoisotopic (exact) mass is 492 g/mol. The highest BCUT2D eigenvalue weighted by Crippen LogP contribution is 2.51. The lowest BCUT2D eigenvalue weighted by atomic mass is 9.68. The van der Waals surface area contributed by atoms with Gasteiger partial charge in [0.25, 0.3) is 0 Å². The van der Waals surface area contributed by atoms with Crippen molar-refractivity contribution in [1.29, 1.82) is 5.26 Å².